The first kappa shape index (κ1) is 19.1. The number of amides is 1. The number of unbranched alkanes of at least 4 members (excludes halogenated alkanes) is 1. The maximum absolute atomic E-state index is 13.5. The maximum Gasteiger partial charge on any atom is 0.248 e. The second kappa shape index (κ2) is 8.20. The van der Waals surface area contributed by atoms with Gasteiger partial charge in [-0.25, -0.2) is 13.2 Å². The van der Waals surface area contributed by atoms with Crippen LogP contribution in [-0.4, -0.2) is 15.7 Å². The van der Waals surface area contributed by atoms with Crippen LogP contribution in [-0.2, 0) is 11.3 Å². The Bertz CT molecular complexity index is 818. The van der Waals surface area contributed by atoms with Gasteiger partial charge in [0.1, 0.15) is 11.0 Å². The summed E-state index contributed by atoms with van der Waals surface area (Å²) in [4.78, 5) is 11.9. The van der Waals surface area contributed by atoms with Crippen molar-refractivity contribution in [1.82, 2.24) is 9.78 Å². The molecule has 0 unspecified atom stereocenters. The Labute approximate surface area is 148 Å². The molecule has 1 amide bonds. The number of halogens is 4. The molecule has 0 bridgehead atoms. The molecule has 8 heteroatoms. The SMILES string of the molecule is CCCCn1nc(C)c(C=CC(=O)Nc2cc(F)c(F)cc2F)c1Cl. The minimum atomic E-state index is -1.33. The van der Waals surface area contributed by atoms with E-state index in [-0.39, 0.29) is 0 Å². The zero-order valence-corrected chi connectivity index (χ0v) is 14.5. The number of benzene rings is 1. The lowest BCUT2D eigenvalue weighted by Gasteiger charge is -2.04. The predicted octanol–water partition coefficient (Wildman–Crippen LogP) is 4.71. The minimum Gasteiger partial charge on any atom is -0.320 e. The second-order valence-corrected chi connectivity index (χ2v) is 5.79. The van der Waals surface area contributed by atoms with Crippen molar-refractivity contribution in [2.45, 2.75) is 33.2 Å². The monoisotopic (exact) mass is 371 g/mol. The summed E-state index contributed by atoms with van der Waals surface area (Å²) in [6.45, 7) is 4.46. The smallest absolute Gasteiger partial charge is 0.248 e. The molecular formula is C17H17ClF3N3O. The van der Waals surface area contributed by atoms with E-state index < -0.39 is 29.0 Å². The molecule has 25 heavy (non-hydrogen) atoms. The third-order valence-electron chi connectivity index (χ3n) is 3.50. The van der Waals surface area contributed by atoms with Gasteiger partial charge < -0.3 is 5.32 Å². The molecule has 1 aromatic heterocycles. The lowest BCUT2D eigenvalue weighted by Crippen LogP contribution is -2.10. The van der Waals surface area contributed by atoms with Gasteiger partial charge in [0, 0.05) is 30.3 Å². The van der Waals surface area contributed by atoms with Crippen LogP contribution in [0.2, 0.25) is 5.15 Å². The molecule has 2 rings (SSSR count). The number of carbonyl (C=O) groups is 1. The molecule has 134 valence electrons. The van der Waals surface area contributed by atoms with E-state index in [2.05, 4.69) is 10.4 Å². The molecule has 0 saturated carbocycles. The topological polar surface area (TPSA) is 46.9 Å². The highest BCUT2D eigenvalue weighted by molar-refractivity contribution is 6.31. The molecule has 1 N–H and O–H groups in total. The summed E-state index contributed by atoms with van der Waals surface area (Å²) in [6, 6.07) is 0.949. The van der Waals surface area contributed by atoms with Crippen molar-refractivity contribution < 1.29 is 18.0 Å². The van der Waals surface area contributed by atoms with E-state index in [0.29, 0.717) is 35.1 Å². The molecule has 0 atom stereocenters. The fourth-order valence-corrected chi connectivity index (χ4v) is 2.49. The van der Waals surface area contributed by atoms with Crippen LogP contribution in [0.4, 0.5) is 18.9 Å². The van der Waals surface area contributed by atoms with Crippen LogP contribution < -0.4 is 5.32 Å². The molecule has 0 aliphatic carbocycles. The molecule has 2 aromatic rings. The average Bonchev–Trinajstić information content (AvgIpc) is 2.82. The first-order valence-corrected chi connectivity index (χ1v) is 8.07. The fraction of sp³-hybridized carbons (Fsp3) is 0.294. The molecule has 1 aromatic carbocycles. The highest BCUT2D eigenvalue weighted by atomic mass is 35.5. The highest BCUT2D eigenvalue weighted by Crippen LogP contribution is 2.22. The summed E-state index contributed by atoms with van der Waals surface area (Å²) >= 11 is 6.24. The Kier molecular flexibility index (Phi) is 6.25. The molecule has 0 saturated heterocycles. The third kappa shape index (κ3) is 4.63. The summed E-state index contributed by atoms with van der Waals surface area (Å²) < 4.78 is 41.2. The Morgan fingerprint density at radius 2 is 1.96 bits per heavy atom. The van der Waals surface area contributed by atoms with Gasteiger partial charge in [-0.05, 0) is 19.4 Å². The number of anilines is 1. The number of hydrogen-bond donors (Lipinski definition) is 1. The number of aryl methyl sites for hydroxylation is 2. The van der Waals surface area contributed by atoms with E-state index in [0.717, 1.165) is 18.9 Å². The largest absolute Gasteiger partial charge is 0.320 e. The Hall–Kier alpha value is -2.28. The van der Waals surface area contributed by atoms with Crippen molar-refractivity contribution in [2.24, 2.45) is 0 Å². The normalized spacial score (nSPS) is 11.3. The quantitative estimate of drug-likeness (QED) is 0.590. The lowest BCUT2D eigenvalue weighted by atomic mass is 10.2. The van der Waals surface area contributed by atoms with Crippen molar-refractivity contribution in [3.05, 3.63) is 52.1 Å². The number of hydrogen-bond acceptors (Lipinski definition) is 2. The van der Waals surface area contributed by atoms with Gasteiger partial charge >= 0.3 is 0 Å². The van der Waals surface area contributed by atoms with Crippen molar-refractivity contribution in [3.8, 4) is 0 Å². The predicted molar refractivity (Wildman–Crippen MR) is 90.9 cm³/mol. The van der Waals surface area contributed by atoms with E-state index in [4.69, 9.17) is 11.6 Å². The van der Waals surface area contributed by atoms with Crippen LogP contribution in [0.25, 0.3) is 6.08 Å². The number of rotatable bonds is 6. The van der Waals surface area contributed by atoms with Crippen molar-refractivity contribution >= 4 is 29.3 Å². The van der Waals surface area contributed by atoms with Gasteiger partial charge in [-0.2, -0.15) is 5.10 Å². The van der Waals surface area contributed by atoms with Crippen LogP contribution in [0.5, 0.6) is 0 Å². The van der Waals surface area contributed by atoms with Gasteiger partial charge in [-0.1, -0.05) is 24.9 Å². The highest BCUT2D eigenvalue weighted by Gasteiger charge is 2.13. The van der Waals surface area contributed by atoms with Gasteiger partial charge in [-0.3, -0.25) is 9.48 Å². The summed E-state index contributed by atoms with van der Waals surface area (Å²) in [5, 5.41) is 6.84. The second-order valence-electron chi connectivity index (χ2n) is 5.44. The van der Waals surface area contributed by atoms with Crippen LogP contribution in [0.15, 0.2) is 18.2 Å². The van der Waals surface area contributed by atoms with E-state index in [1.807, 2.05) is 6.92 Å². The van der Waals surface area contributed by atoms with Crippen LogP contribution in [0.3, 0.4) is 0 Å². The van der Waals surface area contributed by atoms with E-state index >= 15 is 0 Å². The first-order chi connectivity index (χ1) is 11.8. The standard InChI is InChI=1S/C17H17ClF3N3O/c1-3-4-7-24-17(18)11(10(2)23-24)5-6-16(25)22-15-9-13(20)12(19)8-14(15)21/h5-6,8-9H,3-4,7H2,1-2H3,(H,22,25). The minimum absolute atomic E-state index is 0.368. The maximum atomic E-state index is 13.5. The van der Waals surface area contributed by atoms with Crippen molar-refractivity contribution in [2.75, 3.05) is 5.32 Å². The van der Waals surface area contributed by atoms with Gasteiger partial charge in [-0.15, -0.1) is 0 Å². The molecule has 0 spiro atoms. The van der Waals surface area contributed by atoms with Gasteiger partial charge in [0.25, 0.3) is 0 Å². The number of aromatic nitrogens is 2. The fourth-order valence-electron chi connectivity index (χ4n) is 2.16. The number of carbonyl (C=O) groups excluding carboxylic acids is 1. The van der Waals surface area contributed by atoms with E-state index in [1.165, 1.54) is 6.08 Å². The summed E-state index contributed by atoms with van der Waals surface area (Å²) in [7, 11) is 0. The Balaban J connectivity index is 2.13. The summed E-state index contributed by atoms with van der Waals surface area (Å²) in [5.41, 5.74) is 0.762. The van der Waals surface area contributed by atoms with Crippen LogP contribution in [0, 0.1) is 24.4 Å². The molecule has 0 radical (unpaired) electrons. The van der Waals surface area contributed by atoms with Crippen LogP contribution >= 0.6 is 11.6 Å². The van der Waals surface area contributed by atoms with Gasteiger partial charge in [0.15, 0.2) is 11.6 Å². The molecule has 4 nitrogen and oxygen atoms in total. The molecule has 1 heterocycles. The Morgan fingerprint density at radius 3 is 2.64 bits per heavy atom. The Morgan fingerprint density at radius 1 is 1.28 bits per heavy atom. The lowest BCUT2D eigenvalue weighted by molar-refractivity contribution is -0.111. The van der Waals surface area contributed by atoms with Crippen molar-refractivity contribution in [1.29, 1.82) is 0 Å². The van der Waals surface area contributed by atoms with Crippen LogP contribution in [0.1, 0.15) is 31.0 Å². The number of nitrogens with one attached hydrogen (secondary N) is 1. The zero-order valence-electron chi connectivity index (χ0n) is 13.7. The van der Waals surface area contributed by atoms with Gasteiger partial charge in [0.05, 0.1) is 11.4 Å². The zero-order chi connectivity index (χ0) is 18.6. The van der Waals surface area contributed by atoms with Crippen molar-refractivity contribution in [3.63, 3.8) is 0 Å². The summed E-state index contributed by atoms with van der Waals surface area (Å²) in [6.07, 6.45) is 4.48. The summed E-state index contributed by atoms with van der Waals surface area (Å²) in [5.74, 6) is -4.35. The van der Waals surface area contributed by atoms with E-state index in [9.17, 15) is 18.0 Å². The molecular weight excluding hydrogens is 355 g/mol. The molecule has 0 fully saturated rings. The average molecular weight is 372 g/mol. The number of nitrogens with zero attached hydrogens (tertiary/aromatic N) is 2. The first-order valence-electron chi connectivity index (χ1n) is 7.70. The third-order valence-corrected chi connectivity index (χ3v) is 3.90. The molecule has 0 aliphatic rings. The van der Waals surface area contributed by atoms with Gasteiger partial charge in [0.2, 0.25) is 5.91 Å². The molecule has 0 aliphatic heterocycles. The van der Waals surface area contributed by atoms with E-state index in [1.54, 1.807) is 11.6 Å².